The number of para-hydroxylation sites is 2. The van der Waals surface area contributed by atoms with E-state index in [1.165, 1.54) is 28.2 Å². The number of anilines is 2. The van der Waals surface area contributed by atoms with E-state index < -0.39 is 0 Å². The topological polar surface area (TPSA) is 6.48 Å². The van der Waals surface area contributed by atoms with Gasteiger partial charge in [0.1, 0.15) is 6.17 Å². The van der Waals surface area contributed by atoms with Crippen molar-refractivity contribution in [3.63, 3.8) is 0 Å². The van der Waals surface area contributed by atoms with Crippen molar-refractivity contribution in [3.05, 3.63) is 83.6 Å². The average molecular weight is 316 g/mol. The molecule has 0 radical (unpaired) electrons. The van der Waals surface area contributed by atoms with E-state index >= 15 is 0 Å². The lowest BCUT2D eigenvalue weighted by Gasteiger charge is -2.34. The number of hydrogen-bond acceptors (Lipinski definition) is 2. The third-order valence-electron chi connectivity index (χ3n) is 5.06. The fourth-order valence-corrected chi connectivity index (χ4v) is 3.81. The van der Waals surface area contributed by atoms with Crippen LogP contribution < -0.4 is 9.80 Å². The first kappa shape index (κ1) is 15.1. The molecule has 0 saturated heterocycles. The van der Waals surface area contributed by atoms with Gasteiger partial charge in [0, 0.05) is 12.7 Å². The van der Waals surface area contributed by atoms with Crippen LogP contribution in [-0.2, 0) is 0 Å². The molecule has 1 atom stereocenters. The zero-order valence-electron chi connectivity index (χ0n) is 14.4. The van der Waals surface area contributed by atoms with Crippen molar-refractivity contribution in [3.8, 4) is 0 Å². The Labute approximate surface area is 144 Å². The Morgan fingerprint density at radius 1 is 1.04 bits per heavy atom. The number of fused-ring (bicyclic) bond motifs is 1. The van der Waals surface area contributed by atoms with E-state index in [4.69, 9.17) is 0 Å². The monoisotopic (exact) mass is 316 g/mol. The first-order valence-corrected chi connectivity index (χ1v) is 8.77. The molecule has 0 N–H and O–H groups in total. The molecule has 0 fully saturated rings. The molecule has 1 heterocycles. The highest BCUT2D eigenvalue weighted by Gasteiger charge is 2.36. The molecule has 4 rings (SSSR count). The zero-order chi connectivity index (χ0) is 16.5. The standard InChI is InChI=1S/C22H24N2/c1-17-9-8-10-18(16-15-17)22-23(2)20-13-6-7-14-21(20)24(22)19-11-4-3-5-12-19/h3-4,6-7,9-11,13-16,22H,5,8,12H2,1-2H3. The average Bonchev–Trinajstić information content (AvgIpc) is 2.76. The van der Waals surface area contributed by atoms with E-state index in [1.54, 1.807) is 0 Å². The first-order chi connectivity index (χ1) is 11.8. The highest BCUT2D eigenvalue weighted by Crippen LogP contribution is 2.44. The molecule has 1 aliphatic heterocycles. The van der Waals surface area contributed by atoms with Crippen molar-refractivity contribution in [1.82, 2.24) is 0 Å². The maximum atomic E-state index is 2.52. The summed E-state index contributed by atoms with van der Waals surface area (Å²) in [5.41, 5.74) is 6.74. The van der Waals surface area contributed by atoms with Gasteiger partial charge < -0.3 is 9.80 Å². The van der Waals surface area contributed by atoms with Crippen LogP contribution in [0.5, 0.6) is 0 Å². The van der Waals surface area contributed by atoms with E-state index in [0.717, 1.165) is 19.3 Å². The van der Waals surface area contributed by atoms with Crippen LogP contribution >= 0.6 is 0 Å². The molecule has 2 heteroatoms. The van der Waals surface area contributed by atoms with Crippen molar-refractivity contribution in [2.75, 3.05) is 16.8 Å². The summed E-state index contributed by atoms with van der Waals surface area (Å²) in [5.74, 6) is 0. The van der Waals surface area contributed by atoms with Gasteiger partial charge in [0.15, 0.2) is 0 Å². The van der Waals surface area contributed by atoms with Gasteiger partial charge in [-0.2, -0.15) is 0 Å². The van der Waals surface area contributed by atoms with Crippen molar-refractivity contribution in [2.24, 2.45) is 0 Å². The van der Waals surface area contributed by atoms with Gasteiger partial charge in [0.25, 0.3) is 0 Å². The number of rotatable bonds is 2. The van der Waals surface area contributed by atoms with Crippen LogP contribution in [0.2, 0.25) is 0 Å². The first-order valence-electron chi connectivity index (χ1n) is 8.77. The van der Waals surface area contributed by atoms with Crippen molar-refractivity contribution in [2.45, 2.75) is 32.4 Å². The molecule has 0 bridgehead atoms. The van der Waals surface area contributed by atoms with Gasteiger partial charge >= 0.3 is 0 Å². The van der Waals surface area contributed by atoms with E-state index in [1.807, 2.05) is 0 Å². The summed E-state index contributed by atoms with van der Waals surface area (Å²) < 4.78 is 0. The smallest absolute Gasteiger partial charge is 0.132 e. The third-order valence-corrected chi connectivity index (χ3v) is 5.06. The van der Waals surface area contributed by atoms with Gasteiger partial charge in [-0.05, 0) is 50.0 Å². The second kappa shape index (κ2) is 6.20. The van der Waals surface area contributed by atoms with Gasteiger partial charge in [-0.3, -0.25) is 0 Å². The van der Waals surface area contributed by atoms with E-state index in [-0.39, 0.29) is 6.17 Å². The molecule has 0 saturated carbocycles. The minimum Gasteiger partial charge on any atom is -0.349 e. The summed E-state index contributed by atoms with van der Waals surface area (Å²) in [6.45, 7) is 2.17. The molecule has 122 valence electrons. The SMILES string of the molecule is CC1=CCC=C(C2N(C)c3ccccc3N2C2=CC=CCC2)C=C1. The molecule has 1 unspecified atom stereocenters. The largest absolute Gasteiger partial charge is 0.349 e. The predicted octanol–water partition coefficient (Wildman–Crippen LogP) is 5.34. The molecule has 1 aromatic carbocycles. The predicted molar refractivity (Wildman–Crippen MR) is 103 cm³/mol. The minimum absolute atomic E-state index is 0.232. The Morgan fingerprint density at radius 3 is 2.67 bits per heavy atom. The van der Waals surface area contributed by atoms with Crippen LogP contribution in [0.4, 0.5) is 11.4 Å². The number of nitrogens with zero attached hydrogens (tertiary/aromatic N) is 2. The Bertz CT molecular complexity index is 792. The number of likely N-dealkylation sites (N-methyl/N-ethyl adjacent to an activating group) is 1. The summed E-state index contributed by atoms with van der Waals surface area (Å²) in [4.78, 5) is 4.93. The van der Waals surface area contributed by atoms with Crippen LogP contribution in [0.1, 0.15) is 26.2 Å². The third kappa shape index (κ3) is 2.52. The Hall–Kier alpha value is -2.48. The summed E-state index contributed by atoms with van der Waals surface area (Å²) in [6, 6.07) is 8.75. The molecular formula is C22H24N2. The van der Waals surface area contributed by atoms with Crippen molar-refractivity contribution >= 4 is 11.4 Å². The molecule has 2 aliphatic carbocycles. The lowest BCUT2D eigenvalue weighted by Crippen LogP contribution is -2.42. The minimum atomic E-state index is 0.232. The molecule has 3 aliphatic rings. The fourth-order valence-electron chi connectivity index (χ4n) is 3.81. The van der Waals surface area contributed by atoms with E-state index in [2.05, 4.69) is 90.6 Å². The van der Waals surface area contributed by atoms with Gasteiger partial charge in [0.2, 0.25) is 0 Å². The Morgan fingerprint density at radius 2 is 1.88 bits per heavy atom. The maximum Gasteiger partial charge on any atom is 0.132 e. The highest BCUT2D eigenvalue weighted by molar-refractivity contribution is 5.81. The van der Waals surface area contributed by atoms with E-state index in [0.29, 0.717) is 0 Å². The zero-order valence-corrected chi connectivity index (χ0v) is 14.4. The van der Waals surface area contributed by atoms with Gasteiger partial charge in [0.05, 0.1) is 11.4 Å². The van der Waals surface area contributed by atoms with Gasteiger partial charge in [-0.1, -0.05) is 54.2 Å². The quantitative estimate of drug-likeness (QED) is 0.727. The number of hydrogen-bond donors (Lipinski definition) is 0. The summed E-state index contributed by atoms with van der Waals surface area (Å²) in [5, 5.41) is 0. The molecule has 0 aromatic heterocycles. The molecule has 2 nitrogen and oxygen atoms in total. The van der Waals surface area contributed by atoms with Crippen LogP contribution in [0, 0.1) is 0 Å². The van der Waals surface area contributed by atoms with Gasteiger partial charge in [-0.15, -0.1) is 0 Å². The molecule has 24 heavy (non-hydrogen) atoms. The van der Waals surface area contributed by atoms with Crippen LogP contribution in [0.25, 0.3) is 0 Å². The molecule has 1 aromatic rings. The summed E-state index contributed by atoms with van der Waals surface area (Å²) in [6.07, 6.45) is 19.4. The summed E-state index contributed by atoms with van der Waals surface area (Å²) >= 11 is 0. The summed E-state index contributed by atoms with van der Waals surface area (Å²) in [7, 11) is 2.21. The fraction of sp³-hybridized carbons (Fsp3) is 0.273. The molecular weight excluding hydrogens is 292 g/mol. The van der Waals surface area contributed by atoms with Crippen molar-refractivity contribution < 1.29 is 0 Å². The second-order valence-electron chi connectivity index (χ2n) is 6.69. The number of benzene rings is 1. The Balaban J connectivity index is 1.80. The maximum absolute atomic E-state index is 2.52. The normalized spacial score (nSPS) is 22.8. The molecule has 0 spiro atoms. The van der Waals surface area contributed by atoms with Gasteiger partial charge in [-0.25, -0.2) is 0 Å². The lowest BCUT2D eigenvalue weighted by atomic mass is 10.1. The number of allylic oxidation sites excluding steroid dienone is 8. The van der Waals surface area contributed by atoms with Crippen LogP contribution in [0.3, 0.4) is 0 Å². The lowest BCUT2D eigenvalue weighted by molar-refractivity contribution is 0.718. The highest BCUT2D eigenvalue weighted by atomic mass is 15.4. The van der Waals surface area contributed by atoms with Crippen LogP contribution in [-0.4, -0.2) is 13.2 Å². The van der Waals surface area contributed by atoms with E-state index in [9.17, 15) is 0 Å². The second-order valence-corrected chi connectivity index (χ2v) is 6.69. The van der Waals surface area contributed by atoms with Crippen molar-refractivity contribution in [1.29, 1.82) is 0 Å². The van der Waals surface area contributed by atoms with Crippen LogP contribution in [0.15, 0.2) is 83.6 Å². The molecule has 0 amide bonds. The Kier molecular flexibility index (Phi) is 3.89.